The second kappa shape index (κ2) is 20.2. The lowest BCUT2D eigenvalue weighted by Crippen LogP contribution is -2.46. The SMILES string of the molecule is C1CC2COCC1N2.CN(C)Cc1cc(N2C3CCC2COC3)nc(Cl)n1.ClCc1cc(Cl)nc(Cl)n1.ClCc1cc(N2C3CCC2COC3)nc(Cl)n1. The van der Waals surface area contributed by atoms with Gasteiger partial charge >= 0.3 is 0 Å². The number of nitrogens with one attached hydrogen (secondary N) is 1. The van der Waals surface area contributed by atoms with Gasteiger partial charge in [-0.1, -0.05) is 11.6 Å². The fraction of sp³-hybridized carbons (Fsp3) is 0.657. The van der Waals surface area contributed by atoms with Crippen LogP contribution in [-0.4, -0.2) is 125 Å². The quantitative estimate of drug-likeness (QED) is 0.166. The average Bonchev–Trinajstić information content (AvgIpc) is 3.71. The number of halogens is 6. The number of aromatic nitrogens is 6. The number of fused-ring (bicyclic) bond motifs is 6. The lowest BCUT2D eigenvalue weighted by molar-refractivity contribution is 0.0728. The molecule has 6 fully saturated rings. The number of rotatable bonds is 6. The highest BCUT2D eigenvalue weighted by molar-refractivity contribution is 6.32. The molecule has 54 heavy (non-hydrogen) atoms. The molecule has 0 aliphatic carbocycles. The third-order valence-corrected chi connectivity index (χ3v) is 11.2. The number of hydrogen-bond acceptors (Lipinski definition) is 13. The van der Waals surface area contributed by atoms with E-state index in [0.29, 0.717) is 64.1 Å². The zero-order valence-electron chi connectivity index (χ0n) is 30.3. The van der Waals surface area contributed by atoms with Gasteiger partial charge in [-0.3, -0.25) is 0 Å². The monoisotopic (exact) mass is 864 g/mol. The van der Waals surface area contributed by atoms with Crippen molar-refractivity contribution in [3.05, 3.63) is 56.3 Å². The largest absolute Gasteiger partial charge is 0.378 e. The fourth-order valence-corrected chi connectivity index (χ4v) is 8.78. The molecule has 3 aromatic heterocycles. The molecule has 6 unspecified atom stereocenters. The van der Waals surface area contributed by atoms with E-state index in [4.69, 9.17) is 83.8 Å². The molecule has 0 saturated carbocycles. The molecule has 0 spiro atoms. The summed E-state index contributed by atoms with van der Waals surface area (Å²) in [6, 6.07) is 8.65. The molecule has 0 amide bonds. The number of anilines is 2. The highest BCUT2D eigenvalue weighted by Gasteiger charge is 2.39. The molecule has 0 radical (unpaired) electrons. The standard InChI is InChI=1S/C13H19ClN4O.C11H13Cl2N3O.C6H11NO.C5H3Cl3N2/c1-17(2)6-9-5-12(16-13(14)15-9)18-10-3-4-11(18)8-19-7-10;12-4-7-3-10(15-11(13)14-7)16-8-1-2-9(16)6-17-5-8;1-2-6-4-8-3-5(1)7-6;6-2-3-1-4(7)10-5(8)9-3/h5,10-11H,3-4,6-8H2,1-2H3;3,8-9H,1-2,4-6H2;5-7H,1-4H2;1H,2H2. The first kappa shape index (κ1) is 42.0. The molecule has 296 valence electrons. The zero-order chi connectivity index (χ0) is 38.2. The van der Waals surface area contributed by atoms with Gasteiger partial charge in [0, 0.05) is 30.8 Å². The number of hydrogen-bond donors (Lipinski definition) is 1. The maximum Gasteiger partial charge on any atom is 0.224 e. The summed E-state index contributed by atoms with van der Waals surface area (Å²) in [6.07, 6.45) is 7.31. The maximum absolute atomic E-state index is 6.07. The van der Waals surface area contributed by atoms with Gasteiger partial charge < -0.3 is 34.2 Å². The van der Waals surface area contributed by atoms with Crippen LogP contribution in [0, 0.1) is 0 Å². The summed E-state index contributed by atoms with van der Waals surface area (Å²) in [7, 11) is 4.04. The predicted molar refractivity (Wildman–Crippen MR) is 214 cm³/mol. The lowest BCUT2D eigenvalue weighted by Gasteiger charge is -2.35. The Labute approximate surface area is 346 Å². The van der Waals surface area contributed by atoms with Gasteiger partial charge in [-0.05, 0) is 93.5 Å². The van der Waals surface area contributed by atoms with Crippen molar-refractivity contribution < 1.29 is 14.2 Å². The summed E-state index contributed by atoms with van der Waals surface area (Å²) in [6.45, 7) is 5.78. The number of nitrogens with zero attached hydrogens (tertiary/aromatic N) is 9. The molecule has 19 heteroatoms. The van der Waals surface area contributed by atoms with E-state index in [1.165, 1.54) is 25.7 Å². The molecule has 6 aliphatic heterocycles. The van der Waals surface area contributed by atoms with Crippen molar-refractivity contribution in [2.24, 2.45) is 0 Å². The minimum absolute atomic E-state index is 0.128. The predicted octanol–water partition coefficient (Wildman–Crippen LogP) is 6.46. The smallest absolute Gasteiger partial charge is 0.224 e. The van der Waals surface area contributed by atoms with Gasteiger partial charge in [0.15, 0.2) is 0 Å². The van der Waals surface area contributed by atoms with Crippen molar-refractivity contribution in [3.63, 3.8) is 0 Å². The van der Waals surface area contributed by atoms with E-state index in [9.17, 15) is 0 Å². The van der Waals surface area contributed by atoms with Gasteiger partial charge in [0.05, 0.1) is 92.7 Å². The van der Waals surface area contributed by atoms with Crippen LogP contribution >= 0.6 is 69.6 Å². The van der Waals surface area contributed by atoms with E-state index >= 15 is 0 Å². The number of ether oxygens (including phenoxy) is 3. The van der Waals surface area contributed by atoms with Crippen molar-refractivity contribution in [1.29, 1.82) is 0 Å². The van der Waals surface area contributed by atoms with Crippen LogP contribution in [0.3, 0.4) is 0 Å². The molecular weight excluding hydrogens is 821 g/mol. The third kappa shape index (κ3) is 11.5. The maximum atomic E-state index is 6.07. The van der Waals surface area contributed by atoms with Crippen LogP contribution in [0.15, 0.2) is 18.2 Å². The van der Waals surface area contributed by atoms with Crippen molar-refractivity contribution in [2.45, 2.75) is 93.1 Å². The summed E-state index contributed by atoms with van der Waals surface area (Å²) < 4.78 is 16.5. The van der Waals surface area contributed by atoms with Gasteiger partial charge in [0.2, 0.25) is 15.9 Å². The van der Waals surface area contributed by atoms with Gasteiger partial charge in [0.25, 0.3) is 0 Å². The topological polar surface area (TPSA) is 127 Å². The van der Waals surface area contributed by atoms with E-state index in [1.54, 1.807) is 6.07 Å². The summed E-state index contributed by atoms with van der Waals surface area (Å²) in [4.78, 5) is 31.3. The average molecular weight is 868 g/mol. The Morgan fingerprint density at radius 3 is 1.41 bits per heavy atom. The Kier molecular flexibility index (Phi) is 15.7. The van der Waals surface area contributed by atoms with E-state index < -0.39 is 0 Å². The molecule has 6 bridgehead atoms. The van der Waals surface area contributed by atoms with Crippen LogP contribution in [0.2, 0.25) is 21.0 Å². The molecule has 13 nitrogen and oxygen atoms in total. The first-order valence-corrected chi connectivity index (χ1v) is 20.7. The molecule has 9 rings (SSSR count). The van der Waals surface area contributed by atoms with E-state index in [1.807, 2.05) is 20.2 Å². The fourth-order valence-electron chi connectivity index (χ4n) is 7.67. The number of morpholine rings is 3. The van der Waals surface area contributed by atoms with Crippen LogP contribution in [-0.2, 0) is 32.5 Å². The molecule has 0 aromatic carbocycles. The second-order valence-electron chi connectivity index (χ2n) is 14.3. The Bertz CT molecular complexity index is 1620. The summed E-state index contributed by atoms with van der Waals surface area (Å²) in [5.41, 5.74) is 2.37. The van der Waals surface area contributed by atoms with Crippen molar-refractivity contribution in [3.8, 4) is 0 Å². The Morgan fingerprint density at radius 2 is 0.981 bits per heavy atom. The van der Waals surface area contributed by atoms with E-state index in [0.717, 1.165) is 82.1 Å². The van der Waals surface area contributed by atoms with E-state index in [2.05, 4.69) is 56.0 Å². The molecule has 1 N–H and O–H groups in total. The van der Waals surface area contributed by atoms with Crippen molar-refractivity contribution >= 4 is 81.2 Å². The Balaban J connectivity index is 0.000000129. The molecule has 6 saturated heterocycles. The lowest BCUT2D eigenvalue weighted by atomic mass is 10.2. The zero-order valence-corrected chi connectivity index (χ0v) is 34.9. The minimum atomic E-state index is 0.128. The second-order valence-corrected chi connectivity index (χ2v) is 16.2. The first-order chi connectivity index (χ1) is 26.1. The summed E-state index contributed by atoms with van der Waals surface area (Å²) in [5.74, 6) is 2.49. The number of alkyl halides is 2. The van der Waals surface area contributed by atoms with Gasteiger partial charge in [-0.2, -0.15) is 0 Å². The first-order valence-electron chi connectivity index (χ1n) is 18.2. The molecule has 6 aliphatic rings. The van der Waals surface area contributed by atoms with Gasteiger partial charge in [-0.15, -0.1) is 23.2 Å². The molecule has 6 atom stereocenters. The highest BCUT2D eigenvalue weighted by atomic mass is 35.5. The third-order valence-electron chi connectivity index (χ3n) is 9.93. The highest BCUT2D eigenvalue weighted by Crippen LogP contribution is 2.35. The van der Waals surface area contributed by atoms with Crippen LogP contribution in [0.5, 0.6) is 0 Å². The normalized spacial score (nSPS) is 26.4. The van der Waals surface area contributed by atoms with Crippen molar-refractivity contribution in [1.82, 2.24) is 40.1 Å². The van der Waals surface area contributed by atoms with Crippen LogP contribution in [0.4, 0.5) is 11.6 Å². The van der Waals surface area contributed by atoms with Gasteiger partial charge in [-0.25, -0.2) is 29.9 Å². The summed E-state index contributed by atoms with van der Waals surface area (Å²) >= 11 is 34.3. The van der Waals surface area contributed by atoms with Crippen LogP contribution in [0.25, 0.3) is 0 Å². The molecule has 9 heterocycles. The van der Waals surface area contributed by atoms with Crippen LogP contribution in [0.1, 0.15) is 55.6 Å². The minimum Gasteiger partial charge on any atom is -0.378 e. The molecular formula is C35H46Cl6N10O3. The van der Waals surface area contributed by atoms with E-state index in [-0.39, 0.29) is 10.6 Å². The summed E-state index contributed by atoms with van der Waals surface area (Å²) in [5, 5.41) is 4.51. The Morgan fingerprint density at radius 1 is 0.574 bits per heavy atom. The van der Waals surface area contributed by atoms with Gasteiger partial charge in [0.1, 0.15) is 16.8 Å². The Hall–Kier alpha value is -1.62. The van der Waals surface area contributed by atoms with Crippen LogP contribution < -0.4 is 15.1 Å². The van der Waals surface area contributed by atoms with Crippen molar-refractivity contribution in [2.75, 3.05) is 63.5 Å². The molecule has 3 aromatic rings.